The molecule has 196 valence electrons. The van der Waals surface area contributed by atoms with Crippen molar-refractivity contribution in [3.63, 3.8) is 0 Å². The Morgan fingerprint density at radius 3 is 2.50 bits per heavy atom. The number of anilines is 1. The van der Waals surface area contributed by atoms with Crippen LogP contribution in [0.15, 0.2) is 89.6 Å². The summed E-state index contributed by atoms with van der Waals surface area (Å²) in [5, 5.41) is 3.91. The number of para-hydroxylation sites is 1. The van der Waals surface area contributed by atoms with Crippen molar-refractivity contribution in [1.82, 2.24) is 20.1 Å². The molecule has 5 rings (SSSR count). The van der Waals surface area contributed by atoms with Gasteiger partial charge in [0.1, 0.15) is 10.6 Å². The highest BCUT2D eigenvalue weighted by Crippen LogP contribution is 2.24. The Morgan fingerprint density at radius 2 is 1.76 bits per heavy atom. The van der Waals surface area contributed by atoms with Crippen LogP contribution in [0.5, 0.6) is 0 Å². The van der Waals surface area contributed by atoms with Crippen molar-refractivity contribution >= 4 is 38.4 Å². The molecular weight excluding hydrogens is 502 g/mol. The number of amides is 2. The van der Waals surface area contributed by atoms with E-state index < -0.39 is 10.0 Å². The van der Waals surface area contributed by atoms with E-state index in [4.69, 9.17) is 0 Å². The topological polar surface area (TPSA) is 112 Å². The van der Waals surface area contributed by atoms with Gasteiger partial charge in [-0.15, -0.1) is 0 Å². The summed E-state index contributed by atoms with van der Waals surface area (Å²) in [5.41, 5.74) is 1.74. The van der Waals surface area contributed by atoms with Crippen LogP contribution in [0.4, 0.5) is 5.69 Å². The van der Waals surface area contributed by atoms with Crippen molar-refractivity contribution in [3.8, 4) is 0 Å². The Morgan fingerprint density at radius 1 is 1.00 bits per heavy atom. The Bertz CT molecular complexity index is 1540. The molecule has 1 fully saturated rings. The van der Waals surface area contributed by atoms with Gasteiger partial charge in [0.2, 0.25) is 0 Å². The average molecular weight is 532 g/mol. The first-order valence-electron chi connectivity index (χ1n) is 12.4. The maximum absolute atomic E-state index is 13.2. The first-order chi connectivity index (χ1) is 18.2. The lowest BCUT2D eigenvalue weighted by molar-refractivity contribution is -0.131. The molecule has 3 heterocycles. The van der Waals surface area contributed by atoms with E-state index in [0.717, 1.165) is 5.39 Å². The molecule has 2 aliphatic rings. The summed E-state index contributed by atoms with van der Waals surface area (Å²) < 4.78 is 28.7. The van der Waals surface area contributed by atoms with Crippen LogP contribution in [0.1, 0.15) is 24.2 Å². The maximum atomic E-state index is 13.2. The molecule has 0 bridgehead atoms. The number of dihydropyridines is 1. The average Bonchev–Trinajstić information content (AvgIpc) is 2.92. The molecule has 38 heavy (non-hydrogen) atoms. The number of nitrogens with zero attached hydrogens (tertiary/aromatic N) is 3. The lowest BCUT2D eigenvalue weighted by Gasteiger charge is -2.40. The summed E-state index contributed by atoms with van der Waals surface area (Å²) in [4.78, 5) is 34.0. The zero-order valence-corrected chi connectivity index (χ0v) is 22.0. The number of hydrogen-bond acceptors (Lipinski definition) is 6. The molecule has 0 spiro atoms. The second-order valence-corrected chi connectivity index (χ2v) is 11.2. The fourth-order valence-electron chi connectivity index (χ4n) is 4.76. The van der Waals surface area contributed by atoms with Crippen molar-refractivity contribution in [1.29, 1.82) is 0 Å². The van der Waals surface area contributed by atoms with E-state index in [2.05, 4.69) is 15.0 Å². The fraction of sp³-hybridized carbons (Fsp3) is 0.250. The minimum atomic E-state index is -3.89. The lowest BCUT2D eigenvalue weighted by Crippen LogP contribution is -2.56. The Balaban J connectivity index is 1.24. The second-order valence-electron chi connectivity index (χ2n) is 9.51. The molecule has 3 aromatic rings. The van der Waals surface area contributed by atoms with Crippen LogP contribution in [0.3, 0.4) is 0 Å². The van der Waals surface area contributed by atoms with Gasteiger partial charge < -0.3 is 15.1 Å². The third-order valence-corrected chi connectivity index (χ3v) is 8.13. The third kappa shape index (κ3) is 5.12. The predicted octanol–water partition coefficient (Wildman–Crippen LogP) is 3.14. The number of piperazine rings is 1. The molecule has 1 unspecified atom stereocenters. The van der Waals surface area contributed by atoms with Crippen LogP contribution < -0.4 is 10.0 Å². The number of nitrogens with one attached hydrogen (secondary N) is 2. The molecular formula is C28H29N5O4S. The van der Waals surface area contributed by atoms with Crippen LogP contribution in [0, 0.1) is 0 Å². The first kappa shape index (κ1) is 25.5. The van der Waals surface area contributed by atoms with Crippen LogP contribution in [0.2, 0.25) is 0 Å². The number of carbonyl (C=O) groups excluding carboxylic acids is 2. The van der Waals surface area contributed by atoms with Gasteiger partial charge in [-0.3, -0.25) is 19.3 Å². The number of rotatable bonds is 5. The minimum absolute atomic E-state index is 0.0705. The van der Waals surface area contributed by atoms with Gasteiger partial charge in [-0.25, -0.2) is 8.42 Å². The van der Waals surface area contributed by atoms with E-state index in [9.17, 15) is 18.0 Å². The highest BCUT2D eigenvalue weighted by Gasteiger charge is 2.32. The van der Waals surface area contributed by atoms with Gasteiger partial charge in [0.05, 0.1) is 5.52 Å². The Kier molecular flexibility index (Phi) is 6.90. The van der Waals surface area contributed by atoms with Crippen molar-refractivity contribution < 1.29 is 18.0 Å². The SMILES string of the molecule is CC1C=CC=C(C(=O)N2CCN(C(=O)c3ccc(NS(=O)(=O)c4cccc5cccnc45)cc3)C[C@H]2C)N1. The molecule has 10 heteroatoms. The number of aromatic nitrogens is 1. The van der Waals surface area contributed by atoms with Crippen molar-refractivity contribution in [2.24, 2.45) is 0 Å². The molecule has 0 saturated carbocycles. The smallest absolute Gasteiger partial charge is 0.270 e. The summed E-state index contributed by atoms with van der Waals surface area (Å²) in [6.07, 6.45) is 7.19. The van der Waals surface area contributed by atoms with Gasteiger partial charge in [0.25, 0.3) is 21.8 Å². The summed E-state index contributed by atoms with van der Waals surface area (Å²) in [7, 11) is -3.89. The summed E-state index contributed by atoms with van der Waals surface area (Å²) >= 11 is 0. The highest BCUT2D eigenvalue weighted by atomic mass is 32.2. The van der Waals surface area contributed by atoms with Crippen molar-refractivity contribution in [2.45, 2.75) is 30.8 Å². The Hall–Kier alpha value is -4.18. The molecule has 2 N–H and O–H groups in total. The number of benzene rings is 2. The van der Waals surface area contributed by atoms with Gasteiger partial charge in [-0.2, -0.15) is 0 Å². The van der Waals surface area contributed by atoms with Gasteiger partial charge >= 0.3 is 0 Å². The molecule has 0 radical (unpaired) electrons. The zero-order valence-electron chi connectivity index (χ0n) is 21.2. The molecule has 1 saturated heterocycles. The van der Waals surface area contributed by atoms with Gasteiger partial charge in [-0.1, -0.05) is 30.4 Å². The predicted molar refractivity (Wildman–Crippen MR) is 146 cm³/mol. The molecule has 9 nitrogen and oxygen atoms in total. The molecule has 2 atom stereocenters. The van der Waals surface area contributed by atoms with E-state index in [1.54, 1.807) is 70.6 Å². The minimum Gasteiger partial charge on any atom is -0.375 e. The van der Waals surface area contributed by atoms with E-state index in [1.165, 1.54) is 6.07 Å². The van der Waals surface area contributed by atoms with Gasteiger partial charge in [0.15, 0.2) is 0 Å². The van der Waals surface area contributed by atoms with Gasteiger partial charge in [-0.05, 0) is 56.3 Å². The summed E-state index contributed by atoms with van der Waals surface area (Å²) in [6, 6.07) is 14.9. The van der Waals surface area contributed by atoms with Crippen LogP contribution >= 0.6 is 0 Å². The summed E-state index contributed by atoms with van der Waals surface area (Å²) in [5.74, 6) is -0.234. The van der Waals surface area contributed by atoms with Crippen LogP contribution in [-0.4, -0.2) is 66.7 Å². The molecule has 2 aromatic carbocycles. The highest BCUT2D eigenvalue weighted by molar-refractivity contribution is 7.93. The Labute approximate surface area is 221 Å². The van der Waals surface area contributed by atoms with Crippen LogP contribution in [-0.2, 0) is 14.8 Å². The van der Waals surface area contributed by atoms with E-state index in [1.807, 2.05) is 26.0 Å². The number of fused-ring (bicyclic) bond motifs is 1. The second kappa shape index (κ2) is 10.3. The van der Waals surface area contributed by atoms with Crippen molar-refractivity contribution in [3.05, 3.63) is 90.3 Å². The third-order valence-electron chi connectivity index (χ3n) is 6.72. The zero-order chi connectivity index (χ0) is 26.9. The number of sulfonamides is 1. The monoisotopic (exact) mass is 531 g/mol. The fourth-order valence-corrected chi connectivity index (χ4v) is 6.00. The maximum Gasteiger partial charge on any atom is 0.270 e. The number of allylic oxidation sites excluding steroid dienone is 2. The van der Waals surface area contributed by atoms with Gasteiger partial charge in [0, 0.05) is 54.6 Å². The molecule has 2 amide bonds. The number of hydrogen-bond donors (Lipinski definition) is 2. The quantitative estimate of drug-likeness (QED) is 0.523. The van der Waals surface area contributed by atoms with E-state index in [0.29, 0.717) is 42.1 Å². The van der Waals surface area contributed by atoms with Crippen LogP contribution in [0.25, 0.3) is 10.9 Å². The standard InChI is InChI=1S/C28H29N5O4S/c1-19-6-3-9-24(30-19)28(35)33-17-16-32(18-20(33)2)27(34)22-11-13-23(14-12-22)31-38(36,37)25-10-4-7-21-8-5-15-29-26(21)25/h3-15,19-20,30-31H,16-18H2,1-2H3/t19?,20-/m1/s1. The van der Waals surface area contributed by atoms with Crippen molar-refractivity contribution in [2.75, 3.05) is 24.4 Å². The summed E-state index contributed by atoms with van der Waals surface area (Å²) in [6.45, 7) is 5.16. The number of carbonyl (C=O) groups is 2. The van der Waals surface area contributed by atoms with E-state index in [-0.39, 0.29) is 28.8 Å². The largest absolute Gasteiger partial charge is 0.375 e. The lowest BCUT2D eigenvalue weighted by atomic mass is 10.1. The normalized spacial score (nSPS) is 19.6. The number of pyridine rings is 1. The molecule has 0 aliphatic carbocycles. The molecule has 1 aromatic heterocycles. The first-order valence-corrected chi connectivity index (χ1v) is 13.9. The molecule has 2 aliphatic heterocycles. The van der Waals surface area contributed by atoms with E-state index >= 15 is 0 Å².